The first-order valence-electron chi connectivity index (χ1n) is 7.64. The lowest BCUT2D eigenvalue weighted by Crippen LogP contribution is -2.45. The van der Waals surface area contributed by atoms with Gasteiger partial charge in [-0.05, 0) is 18.2 Å². The zero-order valence-corrected chi connectivity index (χ0v) is 13.0. The normalized spacial score (nSPS) is 21.4. The number of rotatable bonds is 1. The molecule has 22 heavy (non-hydrogen) atoms. The Kier molecular flexibility index (Phi) is 3.74. The second-order valence-corrected chi connectivity index (χ2v) is 6.14. The number of halogens is 1. The van der Waals surface area contributed by atoms with E-state index in [0.717, 1.165) is 48.7 Å². The van der Waals surface area contributed by atoms with Gasteiger partial charge in [0.05, 0.1) is 11.7 Å². The molecule has 3 heterocycles. The smallest absolute Gasteiger partial charge is 0.126 e. The van der Waals surface area contributed by atoms with E-state index in [-0.39, 0.29) is 6.04 Å². The number of ether oxygens (including phenoxy) is 1. The van der Waals surface area contributed by atoms with Gasteiger partial charge in [-0.15, -0.1) is 0 Å². The fourth-order valence-corrected chi connectivity index (χ4v) is 3.45. The summed E-state index contributed by atoms with van der Waals surface area (Å²) in [5.74, 6) is 0.869. The van der Waals surface area contributed by atoms with Gasteiger partial charge < -0.3 is 10.1 Å². The van der Waals surface area contributed by atoms with Gasteiger partial charge >= 0.3 is 0 Å². The Morgan fingerprint density at radius 2 is 2.09 bits per heavy atom. The van der Waals surface area contributed by atoms with E-state index in [2.05, 4.69) is 27.3 Å². The van der Waals surface area contributed by atoms with Crippen LogP contribution in [0.3, 0.4) is 0 Å². The maximum Gasteiger partial charge on any atom is 0.126 e. The van der Waals surface area contributed by atoms with Crippen LogP contribution in [0.4, 0.5) is 0 Å². The lowest BCUT2D eigenvalue weighted by Gasteiger charge is -2.35. The van der Waals surface area contributed by atoms with Crippen molar-refractivity contribution in [1.29, 1.82) is 0 Å². The molecule has 0 spiro atoms. The molecule has 2 aliphatic heterocycles. The minimum Gasteiger partial charge on any atom is -0.488 e. The molecule has 4 nitrogen and oxygen atoms in total. The molecule has 0 amide bonds. The van der Waals surface area contributed by atoms with Crippen molar-refractivity contribution in [3.63, 3.8) is 0 Å². The summed E-state index contributed by atoms with van der Waals surface area (Å²) >= 11 is 6.16. The summed E-state index contributed by atoms with van der Waals surface area (Å²) in [6.07, 6.45) is 1.87. The van der Waals surface area contributed by atoms with Gasteiger partial charge in [0, 0.05) is 48.5 Å². The van der Waals surface area contributed by atoms with E-state index in [0.29, 0.717) is 11.6 Å². The molecule has 0 bridgehead atoms. The first kappa shape index (κ1) is 14.0. The second-order valence-electron chi connectivity index (χ2n) is 5.71. The highest BCUT2D eigenvalue weighted by Crippen LogP contribution is 2.39. The molecule has 1 aromatic carbocycles. The maximum absolute atomic E-state index is 6.16. The number of aromatic nitrogens is 1. The molecule has 1 unspecified atom stereocenters. The summed E-state index contributed by atoms with van der Waals surface area (Å²) in [6, 6.07) is 10.1. The Balaban J connectivity index is 1.86. The van der Waals surface area contributed by atoms with Gasteiger partial charge in [0.15, 0.2) is 0 Å². The molecule has 2 aliphatic rings. The third-order valence-corrected chi connectivity index (χ3v) is 4.59. The number of hydrogen-bond acceptors (Lipinski definition) is 4. The van der Waals surface area contributed by atoms with Crippen LogP contribution < -0.4 is 10.1 Å². The van der Waals surface area contributed by atoms with Crippen LogP contribution in [0.25, 0.3) is 0 Å². The fraction of sp³-hybridized carbons (Fsp3) is 0.353. The molecular weight excluding hydrogens is 298 g/mol. The average Bonchev–Trinajstić information content (AvgIpc) is 2.72. The quantitative estimate of drug-likeness (QED) is 0.878. The van der Waals surface area contributed by atoms with Gasteiger partial charge in [0.2, 0.25) is 0 Å². The van der Waals surface area contributed by atoms with Crippen molar-refractivity contribution in [1.82, 2.24) is 15.2 Å². The predicted octanol–water partition coefficient (Wildman–Crippen LogP) is 2.62. The van der Waals surface area contributed by atoms with E-state index < -0.39 is 0 Å². The number of nitrogens with one attached hydrogen (secondary N) is 1. The number of hydrogen-bond donors (Lipinski definition) is 1. The number of benzene rings is 1. The lowest BCUT2D eigenvalue weighted by molar-refractivity contribution is 0.194. The van der Waals surface area contributed by atoms with Crippen LogP contribution in [0.1, 0.15) is 22.9 Å². The molecule has 5 heteroatoms. The van der Waals surface area contributed by atoms with E-state index in [9.17, 15) is 0 Å². The Hall–Kier alpha value is -1.62. The summed E-state index contributed by atoms with van der Waals surface area (Å²) in [6.45, 7) is 4.55. The Labute approximate surface area is 135 Å². The van der Waals surface area contributed by atoms with Crippen molar-refractivity contribution >= 4 is 11.6 Å². The van der Waals surface area contributed by atoms with Crippen LogP contribution in [0, 0.1) is 0 Å². The van der Waals surface area contributed by atoms with E-state index in [1.54, 1.807) is 0 Å². The average molecular weight is 316 g/mol. The van der Waals surface area contributed by atoms with E-state index in [4.69, 9.17) is 16.3 Å². The highest BCUT2D eigenvalue weighted by atomic mass is 35.5. The third-order valence-electron chi connectivity index (χ3n) is 4.36. The molecule has 1 aromatic heterocycles. The van der Waals surface area contributed by atoms with Crippen molar-refractivity contribution in [2.24, 2.45) is 0 Å². The minimum absolute atomic E-state index is 0.132. The SMILES string of the molecule is Clc1ccc2c(c1)OCc1cccnc1C2N1CCNCC1. The second kappa shape index (κ2) is 5.88. The first-order chi connectivity index (χ1) is 10.8. The molecule has 4 rings (SSSR count). The first-order valence-corrected chi connectivity index (χ1v) is 8.01. The zero-order valence-electron chi connectivity index (χ0n) is 12.3. The highest BCUT2D eigenvalue weighted by Gasteiger charge is 2.31. The number of pyridine rings is 1. The molecular formula is C17H18ClN3O. The van der Waals surface area contributed by atoms with Gasteiger partial charge in [-0.2, -0.15) is 0 Å². The van der Waals surface area contributed by atoms with E-state index >= 15 is 0 Å². The van der Waals surface area contributed by atoms with Crippen LogP contribution in [-0.2, 0) is 6.61 Å². The predicted molar refractivity (Wildman–Crippen MR) is 86.3 cm³/mol. The van der Waals surface area contributed by atoms with Crippen LogP contribution in [-0.4, -0.2) is 36.1 Å². The Morgan fingerprint density at radius 1 is 1.23 bits per heavy atom. The summed E-state index contributed by atoms with van der Waals surface area (Å²) in [7, 11) is 0. The van der Waals surface area contributed by atoms with Crippen molar-refractivity contribution in [2.75, 3.05) is 26.2 Å². The van der Waals surface area contributed by atoms with Gasteiger partial charge in [-0.1, -0.05) is 23.7 Å². The molecule has 1 N–H and O–H groups in total. The monoisotopic (exact) mass is 315 g/mol. The molecule has 1 atom stereocenters. The topological polar surface area (TPSA) is 37.4 Å². The molecule has 114 valence electrons. The van der Waals surface area contributed by atoms with E-state index in [1.807, 2.05) is 24.4 Å². The summed E-state index contributed by atoms with van der Waals surface area (Å²) < 4.78 is 6.01. The molecule has 0 aliphatic carbocycles. The van der Waals surface area contributed by atoms with E-state index in [1.165, 1.54) is 0 Å². The molecule has 2 aromatic rings. The summed E-state index contributed by atoms with van der Waals surface area (Å²) in [4.78, 5) is 7.16. The largest absolute Gasteiger partial charge is 0.488 e. The molecule has 1 saturated heterocycles. The standard InChI is InChI=1S/C17H18ClN3O/c18-13-3-4-14-15(10-13)22-11-12-2-1-5-20-16(12)17(14)21-8-6-19-7-9-21/h1-5,10,17,19H,6-9,11H2. The van der Waals surface area contributed by atoms with Gasteiger partial charge in [-0.3, -0.25) is 9.88 Å². The van der Waals surface area contributed by atoms with Crippen molar-refractivity contribution in [2.45, 2.75) is 12.6 Å². The van der Waals surface area contributed by atoms with Crippen LogP contribution in [0.15, 0.2) is 36.5 Å². The summed E-state index contributed by atoms with van der Waals surface area (Å²) in [5.41, 5.74) is 3.41. The summed E-state index contributed by atoms with van der Waals surface area (Å²) in [5, 5.41) is 4.12. The van der Waals surface area contributed by atoms with Crippen molar-refractivity contribution < 1.29 is 4.74 Å². The fourth-order valence-electron chi connectivity index (χ4n) is 3.29. The number of nitrogens with zero attached hydrogens (tertiary/aromatic N) is 2. The van der Waals surface area contributed by atoms with Crippen LogP contribution in [0.2, 0.25) is 5.02 Å². The van der Waals surface area contributed by atoms with Crippen molar-refractivity contribution in [3.05, 3.63) is 58.4 Å². The number of piperazine rings is 1. The molecule has 0 saturated carbocycles. The molecule has 0 radical (unpaired) electrons. The lowest BCUT2D eigenvalue weighted by atomic mass is 9.97. The molecule has 1 fully saturated rings. The maximum atomic E-state index is 6.16. The van der Waals surface area contributed by atoms with Gasteiger partial charge in [-0.25, -0.2) is 0 Å². The van der Waals surface area contributed by atoms with Gasteiger partial charge in [0.1, 0.15) is 12.4 Å². The third kappa shape index (κ3) is 2.47. The highest BCUT2D eigenvalue weighted by molar-refractivity contribution is 6.30. The minimum atomic E-state index is 0.132. The van der Waals surface area contributed by atoms with Crippen LogP contribution in [0.5, 0.6) is 5.75 Å². The number of fused-ring (bicyclic) bond motifs is 2. The van der Waals surface area contributed by atoms with Crippen LogP contribution >= 0.6 is 11.6 Å². The van der Waals surface area contributed by atoms with Gasteiger partial charge in [0.25, 0.3) is 0 Å². The Morgan fingerprint density at radius 3 is 2.95 bits per heavy atom. The van der Waals surface area contributed by atoms with Crippen molar-refractivity contribution in [3.8, 4) is 5.75 Å². The Bertz CT molecular complexity index is 685. The zero-order chi connectivity index (χ0) is 14.9.